The summed E-state index contributed by atoms with van der Waals surface area (Å²) in [6, 6.07) is 32.3. The fourth-order valence-corrected chi connectivity index (χ4v) is 5.07. The van der Waals surface area contributed by atoms with Gasteiger partial charge in [-0.3, -0.25) is 0 Å². The molecule has 224 valence electrons. The SMILES string of the molecule is CC(C)(C)OC(=O)N1CCC[C@H](CNc2cccc(-c3ccc(OCc4ccccc4)nc3OCc3ccccc3)c2)C1. The van der Waals surface area contributed by atoms with Gasteiger partial charge in [0.1, 0.15) is 18.8 Å². The molecule has 0 bridgehead atoms. The summed E-state index contributed by atoms with van der Waals surface area (Å²) in [4.78, 5) is 19.2. The highest BCUT2D eigenvalue weighted by Gasteiger charge is 2.27. The minimum atomic E-state index is -0.493. The van der Waals surface area contributed by atoms with Crippen molar-refractivity contribution in [3.05, 3.63) is 108 Å². The molecule has 1 N–H and O–H groups in total. The summed E-state index contributed by atoms with van der Waals surface area (Å²) in [6.45, 7) is 8.73. The number of piperidine rings is 1. The summed E-state index contributed by atoms with van der Waals surface area (Å²) < 4.78 is 17.9. The largest absolute Gasteiger partial charge is 0.473 e. The van der Waals surface area contributed by atoms with Gasteiger partial charge in [-0.2, -0.15) is 4.98 Å². The van der Waals surface area contributed by atoms with Gasteiger partial charge in [-0.25, -0.2) is 4.79 Å². The number of nitrogens with zero attached hydrogens (tertiary/aromatic N) is 2. The van der Waals surface area contributed by atoms with Gasteiger partial charge in [0.15, 0.2) is 0 Å². The quantitative estimate of drug-likeness (QED) is 0.205. The van der Waals surface area contributed by atoms with Crippen molar-refractivity contribution in [2.75, 3.05) is 25.0 Å². The Balaban J connectivity index is 1.28. The molecule has 1 amide bonds. The van der Waals surface area contributed by atoms with Gasteiger partial charge >= 0.3 is 6.09 Å². The molecular formula is C36H41N3O4. The number of benzene rings is 3. The molecule has 0 radical (unpaired) electrons. The number of carbonyl (C=O) groups excluding carboxylic acids is 1. The van der Waals surface area contributed by atoms with Crippen LogP contribution in [0.1, 0.15) is 44.7 Å². The van der Waals surface area contributed by atoms with Crippen LogP contribution in [0, 0.1) is 5.92 Å². The van der Waals surface area contributed by atoms with Crippen molar-refractivity contribution in [1.29, 1.82) is 0 Å². The molecule has 0 unspecified atom stereocenters. The number of hydrogen-bond acceptors (Lipinski definition) is 6. The van der Waals surface area contributed by atoms with E-state index in [1.807, 2.05) is 105 Å². The summed E-state index contributed by atoms with van der Waals surface area (Å²) in [5.74, 6) is 1.38. The molecular weight excluding hydrogens is 538 g/mol. The predicted octanol–water partition coefficient (Wildman–Crippen LogP) is 7.97. The van der Waals surface area contributed by atoms with Gasteiger partial charge < -0.3 is 24.4 Å². The molecule has 1 fully saturated rings. The van der Waals surface area contributed by atoms with Crippen LogP contribution in [-0.2, 0) is 18.0 Å². The number of aromatic nitrogens is 1. The highest BCUT2D eigenvalue weighted by atomic mass is 16.6. The van der Waals surface area contributed by atoms with Crippen LogP contribution in [0.15, 0.2) is 97.1 Å². The Kier molecular flexibility index (Phi) is 9.82. The molecule has 7 heteroatoms. The number of ether oxygens (including phenoxy) is 3. The summed E-state index contributed by atoms with van der Waals surface area (Å²) in [6.07, 6.45) is 1.81. The molecule has 0 aliphatic carbocycles. The van der Waals surface area contributed by atoms with Crippen LogP contribution in [0.25, 0.3) is 11.1 Å². The lowest BCUT2D eigenvalue weighted by Gasteiger charge is -2.34. The number of amides is 1. The highest BCUT2D eigenvalue weighted by molar-refractivity contribution is 5.72. The van der Waals surface area contributed by atoms with E-state index in [0.29, 0.717) is 37.4 Å². The third-order valence-corrected chi connectivity index (χ3v) is 7.22. The average Bonchev–Trinajstić information content (AvgIpc) is 3.02. The number of anilines is 1. The van der Waals surface area contributed by atoms with Gasteiger partial charge in [-0.15, -0.1) is 0 Å². The fraction of sp³-hybridized carbons (Fsp3) is 0.333. The van der Waals surface area contributed by atoms with Crippen LogP contribution in [0.5, 0.6) is 11.8 Å². The number of hydrogen-bond donors (Lipinski definition) is 1. The number of carbonyl (C=O) groups is 1. The van der Waals surface area contributed by atoms with E-state index >= 15 is 0 Å². The Morgan fingerprint density at radius 1 is 0.884 bits per heavy atom. The Labute approximate surface area is 254 Å². The first kappa shape index (κ1) is 30.0. The van der Waals surface area contributed by atoms with Crippen molar-refractivity contribution in [3.63, 3.8) is 0 Å². The van der Waals surface area contributed by atoms with Gasteiger partial charge in [0.2, 0.25) is 11.8 Å². The molecule has 1 aliphatic rings. The predicted molar refractivity (Wildman–Crippen MR) is 170 cm³/mol. The van der Waals surface area contributed by atoms with E-state index in [1.165, 1.54) is 0 Å². The number of pyridine rings is 1. The first-order valence-electron chi connectivity index (χ1n) is 15.0. The topological polar surface area (TPSA) is 72.9 Å². The molecule has 2 heterocycles. The molecule has 3 aromatic carbocycles. The lowest BCUT2D eigenvalue weighted by molar-refractivity contribution is 0.0172. The summed E-state index contributed by atoms with van der Waals surface area (Å²) in [5, 5.41) is 3.59. The van der Waals surface area contributed by atoms with Crippen molar-refractivity contribution in [2.45, 2.75) is 52.4 Å². The van der Waals surface area contributed by atoms with Crippen molar-refractivity contribution in [1.82, 2.24) is 9.88 Å². The molecule has 4 aromatic rings. The second-order valence-electron chi connectivity index (χ2n) is 11.9. The summed E-state index contributed by atoms with van der Waals surface area (Å²) in [5.41, 5.74) is 4.54. The normalized spacial score (nSPS) is 15.0. The maximum Gasteiger partial charge on any atom is 0.410 e. The molecule has 7 nitrogen and oxygen atoms in total. The van der Waals surface area contributed by atoms with E-state index in [0.717, 1.165) is 53.9 Å². The van der Waals surface area contributed by atoms with Crippen LogP contribution < -0.4 is 14.8 Å². The van der Waals surface area contributed by atoms with Gasteiger partial charge in [0.05, 0.1) is 0 Å². The van der Waals surface area contributed by atoms with Crippen LogP contribution >= 0.6 is 0 Å². The third kappa shape index (κ3) is 8.98. The maximum absolute atomic E-state index is 12.6. The standard InChI is InChI=1S/C36H41N3O4/c1-36(2,3)43-35(40)39-21-11-16-29(24-39)23-37-31-18-10-17-30(22-31)32-19-20-33(41-25-27-12-6-4-7-13-27)38-34(32)42-26-28-14-8-5-9-15-28/h4-10,12-15,17-20,22,29,37H,11,16,21,23-26H2,1-3H3/t29-/m1/s1. The monoisotopic (exact) mass is 579 g/mol. The minimum Gasteiger partial charge on any atom is -0.473 e. The third-order valence-electron chi connectivity index (χ3n) is 7.22. The summed E-state index contributed by atoms with van der Waals surface area (Å²) >= 11 is 0. The van der Waals surface area contributed by atoms with E-state index in [-0.39, 0.29) is 6.09 Å². The number of likely N-dealkylation sites (tertiary alicyclic amines) is 1. The van der Waals surface area contributed by atoms with Gasteiger partial charge in [0.25, 0.3) is 0 Å². The fourth-order valence-electron chi connectivity index (χ4n) is 5.07. The van der Waals surface area contributed by atoms with E-state index in [4.69, 9.17) is 19.2 Å². The Morgan fingerprint density at radius 3 is 2.28 bits per heavy atom. The van der Waals surface area contributed by atoms with E-state index in [2.05, 4.69) is 23.5 Å². The van der Waals surface area contributed by atoms with Crippen molar-refractivity contribution in [3.8, 4) is 22.9 Å². The zero-order valence-electron chi connectivity index (χ0n) is 25.3. The lowest BCUT2D eigenvalue weighted by Crippen LogP contribution is -2.44. The lowest BCUT2D eigenvalue weighted by atomic mass is 9.98. The zero-order chi connectivity index (χ0) is 30.1. The first-order valence-corrected chi connectivity index (χ1v) is 15.0. The van der Waals surface area contributed by atoms with Crippen molar-refractivity contribution >= 4 is 11.8 Å². The first-order chi connectivity index (χ1) is 20.8. The number of rotatable bonds is 10. The van der Waals surface area contributed by atoms with E-state index in [9.17, 15) is 4.79 Å². The van der Waals surface area contributed by atoms with Crippen LogP contribution in [0.2, 0.25) is 0 Å². The Hall–Kier alpha value is -4.52. The maximum atomic E-state index is 12.6. The Morgan fingerprint density at radius 2 is 1.58 bits per heavy atom. The van der Waals surface area contributed by atoms with Gasteiger partial charge in [-0.05, 0) is 74.4 Å². The molecule has 43 heavy (non-hydrogen) atoms. The summed E-state index contributed by atoms with van der Waals surface area (Å²) in [7, 11) is 0. The van der Waals surface area contributed by atoms with Gasteiger partial charge in [-0.1, -0.05) is 72.8 Å². The van der Waals surface area contributed by atoms with Crippen LogP contribution in [0.3, 0.4) is 0 Å². The second-order valence-corrected chi connectivity index (χ2v) is 11.9. The van der Waals surface area contributed by atoms with E-state index in [1.54, 1.807) is 0 Å². The molecule has 1 aliphatic heterocycles. The van der Waals surface area contributed by atoms with Crippen molar-refractivity contribution < 1.29 is 19.0 Å². The van der Waals surface area contributed by atoms with Gasteiger partial charge in [0, 0.05) is 37.0 Å². The second kappa shape index (κ2) is 14.1. The van der Waals surface area contributed by atoms with E-state index < -0.39 is 5.60 Å². The zero-order valence-corrected chi connectivity index (χ0v) is 25.3. The highest BCUT2D eigenvalue weighted by Crippen LogP contribution is 2.33. The van der Waals surface area contributed by atoms with Crippen molar-refractivity contribution in [2.24, 2.45) is 5.92 Å². The van der Waals surface area contributed by atoms with Crippen LogP contribution in [0.4, 0.5) is 10.5 Å². The smallest absolute Gasteiger partial charge is 0.410 e. The average molecular weight is 580 g/mol. The van der Waals surface area contributed by atoms with Crippen LogP contribution in [-0.4, -0.2) is 41.2 Å². The Bertz CT molecular complexity index is 1470. The number of nitrogens with one attached hydrogen (secondary N) is 1. The molecule has 1 saturated heterocycles. The molecule has 0 spiro atoms. The molecule has 0 saturated carbocycles. The molecule has 1 atom stereocenters. The molecule has 5 rings (SSSR count). The minimum absolute atomic E-state index is 0.231. The molecule has 1 aromatic heterocycles.